The summed E-state index contributed by atoms with van der Waals surface area (Å²) in [5.74, 6) is 3.88. The highest BCUT2D eigenvalue weighted by molar-refractivity contribution is 5.93. The first-order chi connectivity index (χ1) is 45.3. The van der Waals surface area contributed by atoms with E-state index in [0.717, 1.165) is 95.1 Å². The lowest BCUT2D eigenvalue weighted by Gasteiger charge is -2.54. The van der Waals surface area contributed by atoms with Gasteiger partial charge >= 0.3 is 0 Å². The van der Waals surface area contributed by atoms with Gasteiger partial charge in [-0.1, -0.05) is 20.8 Å². The van der Waals surface area contributed by atoms with Gasteiger partial charge in [-0.3, -0.25) is 44.7 Å². The summed E-state index contributed by atoms with van der Waals surface area (Å²) in [5.41, 5.74) is 13.1. The Kier molecular flexibility index (Phi) is 22.5. The van der Waals surface area contributed by atoms with Crippen LogP contribution in [0.5, 0.6) is 0 Å². The standard InChI is InChI=1S/C75H140N18O6/c1-64(2)40-52(41-65(3,4)84(64)25)94-61-37-58(78-91(81-61)97-55-46-70(13,14)87(28)71(15,16)47-55)76-33-31-35-90(60-39-63(96-54-44-68(9,10)86(27)69(11,12)45-54)83-93(80-60)99-57-50-74(21,22)89(30)75(23,24)51-57)36-32-34-77-59-38-62(95-53-42-66(5,6)85(26)67(7,8)43-53)82-92(79-59)98-56-48-72(17,18)88(29)73(19,20)49-56/h37-39,52-57,76,78,80,82H,31-36,40-51H2,1-30H3,(H,77,79). The molecule has 0 aromatic heterocycles. The van der Waals surface area contributed by atoms with Gasteiger partial charge in [-0.05, 0) is 260 Å². The van der Waals surface area contributed by atoms with E-state index in [0.29, 0.717) is 56.1 Å². The monoisotopic (exact) mass is 1390 g/mol. The van der Waals surface area contributed by atoms with Crippen molar-refractivity contribution >= 4 is 17.6 Å². The summed E-state index contributed by atoms with van der Waals surface area (Å²) < 4.78 is 21.1. The molecule has 6 fully saturated rings. The van der Waals surface area contributed by atoms with Crippen LogP contribution in [-0.2, 0) is 28.7 Å². The molecule has 0 aliphatic carbocycles. The van der Waals surface area contributed by atoms with Gasteiger partial charge in [-0.15, -0.1) is 0 Å². The van der Waals surface area contributed by atoms with Gasteiger partial charge in [0.1, 0.15) is 35.8 Å². The van der Waals surface area contributed by atoms with Gasteiger partial charge in [0.2, 0.25) is 17.7 Å². The molecule has 5 N–H and O–H groups in total. The van der Waals surface area contributed by atoms with Crippen molar-refractivity contribution in [2.45, 2.75) is 359 Å². The lowest BCUT2D eigenvalue weighted by Crippen LogP contribution is -2.63. The highest BCUT2D eigenvalue weighted by Crippen LogP contribution is 2.45. The quantitative estimate of drug-likeness (QED) is 0.0725. The van der Waals surface area contributed by atoms with Gasteiger partial charge in [-0.2, -0.15) is 0 Å². The van der Waals surface area contributed by atoms with Gasteiger partial charge in [0, 0.05) is 155 Å². The molecule has 9 heterocycles. The normalized spacial score (nSPS) is 29.0. The van der Waals surface area contributed by atoms with Crippen LogP contribution in [0.25, 0.3) is 0 Å². The number of likely N-dealkylation sites (tertiary alicyclic amines) is 6. The van der Waals surface area contributed by atoms with Crippen molar-refractivity contribution in [2.75, 3.05) is 68.5 Å². The largest absolute Gasteiger partial charge is 0.475 e. The molecule has 0 aromatic carbocycles. The summed E-state index contributed by atoms with van der Waals surface area (Å²) in [4.78, 5) is 43.4. The van der Waals surface area contributed by atoms with Crippen LogP contribution in [0.1, 0.15) is 256 Å². The van der Waals surface area contributed by atoms with Gasteiger partial charge in [-0.25, -0.2) is 26.0 Å². The van der Waals surface area contributed by atoms with Crippen molar-refractivity contribution in [3.8, 4) is 0 Å². The molecule has 0 unspecified atom stereocenters. The Morgan fingerprint density at radius 3 is 1.10 bits per heavy atom. The Hall–Kier alpha value is -4.37. The van der Waals surface area contributed by atoms with E-state index < -0.39 is 0 Å². The zero-order chi connectivity index (χ0) is 73.5. The minimum Gasteiger partial charge on any atom is -0.475 e. The average molecular weight is 1390 g/mol. The predicted molar refractivity (Wildman–Crippen MR) is 398 cm³/mol. The number of piperidine rings is 6. The van der Waals surface area contributed by atoms with Crippen molar-refractivity contribution in [1.29, 1.82) is 0 Å². The Morgan fingerprint density at radius 1 is 0.394 bits per heavy atom. The van der Waals surface area contributed by atoms with Crippen molar-refractivity contribution in [2.24, 2.45) is 15.2 Å². The van der Waals surface area contributed by atoms with Gasteiger partial charge in [0.25, 0.3) is 0 Å². The van der Waals surface area contributed by atoms with Gasteiger partial charge in [0.15, 0.2) is 0 Å². The number of hydrogen-bond donors (Lipinski definition) is 5. The lowest BCUT2D eigenvalue weighted by molar-refractivity contribution is -0.275. The molecule has 0 radical (unpaired) electrons. The van der Waals surface area contributed by atoms with Crippen LogP contribution >= 0.6 is 0 Å². The molecule has 0 bridgehead atoms. The van der Waals surface area contributed by atoms with Crippen LogP contribution in [0.15, 0.2) is 50.9 Å². The summed E-state index contributed by atoms with van der Waals surface area (Å²) in [6, 6.07) is 0. The van der Waals surface area contributed by atoms with E-state index in [2.05, 4.69) is 276 Å². The number of rotatable bonds is 20. The molecule has 566 valence electrons. The molecular weight excluding hydrogens is 1250 g/mol. The van der Waals surface area contributed by atoms with Crippen LogP contribution in [-0.4, -0.2) is 239 Å². The summed E-state index contributed by atoms with van der Waals surface area (Å²) in [7, 11) is 13.4. The number of nitrogens with zero attached hydrogens (tertiary/aromatic N) is 13. The molecule has 99 heavy (non-hydrogen) atoms. The molecule has 0 atom stereocenters. The number of nitrogens with one attached hydrogen (secondary N) is 5. The molecule has 9 aliphatic rings. The topological polar surface area (TPSA) is 185 Å². The second-order valence-corrected chi connectivity index (χ2v) is 38.6. The van der Waals surface area contributed by atoms with E-state index in [1.165, 1.54) is 0 Å². The zero-order valence-corrected chi connectivity index (χ0v) is 67.7. The van der Waals surface area contributed by atoms with Crippen molar-refractivity contribution in [1.82, 2.24) is 77.2 Å². The first-order valence-electron chi connectivity index (χ1n) is 37.6. The van der Waals surface area contributed by atoms with Crippen LogP contribution in [0.3, 0.4) is 0 Å². The minimum absolute atomic E-state index is 0.0304. The maximum Gasteiger partial charge on any atom is 0.239 e. The first-order valence-corrected chi connectivity index (χ1v) is 37.6. The fourth-order valence-corrected chi connectivity index (χ4v) is 18.3. The number of hydrogen-bond acceptors (Lipinski definition) is 23. The molecule has 0 spiro atoms. The smallest absolute Gasteiger partial charge is 0.239 e. The number of amidine groups is 1. The van der Waals surface area contributed by atoms with Crippen LogP contribution in [0, 0.1) is 0 Å². The zero-order valence-electron chi connectivity index (χ0n) is 67.7. The minimum atomic E-state index is -0.123. The predicted octanol–water partition coefficient (Wildman–Crippen LogP) is 10.9. The van der Waals surface area contributed by atoms with E-state index in [4.69, 9.17) is 43.9 Å². The maximum absolute atomic E-state index is 7.13. The Labute approximate surface area is 599 Å². The third-order valence-electron chi connectivity index (χ3n) is 25.4. The summed E-state index contributed by atoms with van der Waals surface area (Å²) >= 11 is 0. The Balaban J connectivity index is 0.998. The molecule has 24 nitrogen and oxygen atoms in total. The number of hydrazone groups is 2. The molecule has 9 aliphatic heterocycles. The molecule has 0 aromatic rings. The highest BCUT2D eigenvalue weighted by atomic mass is 16.8. The van der Waals surface area contributed by atoms with Crippen LogP contribution in [0.2, 0.25) is 0 Å². The van der Waals surface area contributed by atoms with Gasteiger partial charge in [0.05, 0.1) is 18.3 Å². The SMILES string of the molecule is CN1C(C)(C)CC(OC2=CC(=NCCCN(CCCNC3=CC(OC4CC(C)(C)N(C)C(C)(C)C4)=NN(OC4CC(C)(C)N(C)C(C)(C)C4)N3)C3=CC(OC4CC(C)(C)N(C)C(C)(C)C4)=NN(OC4CC(C)(C)N(C)C(C)(C)C4)N3)NN(OC3CC(C)(C)N(C)C(C)(C)C3)N2)CC1(C)C. The Morgan fingerprint density at radius 2 is 0.717 bits per heavy atom. The summed E-state index contributed by atoms with van der Waals surface area (Å²) in [6.07, 6.45) is 17.3. The maximum atomic E-state index is 7.13. The van der Waals surface area contributed by atoms with E-state index in [9.17, 15) is 0 Å². The molecule has 0 amide bonds. The van der Waals surface area contributed by atoms with Crippen molar-refractivity contribution < 1.29 is 28.7 Å². The molecule has 0 saturated carbocycles. The molecule has 9 rings (SSSR count). The third kappa shape index (κ3) is 18.6. The van der Waals surface area contributed by atoms with E-state index in [1.807, 2.05) is 12.2 Å². The average Bonchev–Trinajstić information content (AvgIpc) is 0.804. The van der Waals surface area contributed by atoms with Crippen molar-refractivity contribution in [3.05, 3.63) is 35.8 Å². The Bertz CT molecular complexity index is 2910. The fourth-order valence-electron chi connectivity index (χ4n) is 18.3. The number of aliphatic imine (C=N–C) groups is 1. The third-order valence-corrected chi connectivity index (χ3v) is 25.4. The molecular formula is C75H140N18O6. The summed E-state index contributed by atoms with van der Waals surface area (Å²) in [6.45, 7) is 57.7. The second-order valence-electron chi connectivity index (χ2n) is 38.6. The van der Waals surface area contributed by atoms with Crippen LogP contribution in [0.4, 0.5) is 0 Å². The van der Waals surface area contributed by atoms with Crippen LogP contribution < -0.4 is 27.0 Å². The van der Waals surface area contributed by atoms with E-state index in [-0.39, 0.29) is 103 Å². The number of hydrazine groups is 4. The van der Waals surface area contributed by atoms with E-state index >= 15 is 0 Å². The molecule has 24 heteroatoms. The number of ether oxygens (including phenoxy) is 3. The lowest BCUT2D eigenvalue weighted by atomic mass is 9.79. The van der Waals surface area contributed by atoms with Gasteiger partial charge < -0.3 is 24.4 Å². The molecule has 6 saturated heterocycles. The summed E-state index contributed by atoms with van der Waals surface area (Å²) in [5, 5.41) is 18.7. The fraction of sp³-hybridized carbons (Fsp3) is 0.880. The van der Waals surface area contributed by atoms with E-state index in [1.54, 1.807) is 15.8 Å². The van der Waals surface area contributed by atoms with Crippen molar-refractivity contribution in [3.63, 3.8) is 0 Å². The first kappa shape index (κ1) is 78.8. The second kappa shape index (κ2) is 28.3. The highest BCUT2D eigenvalue weighted by Gasteiger charge is 2.51.